The number of rotatable bonds is 2. The molecule has 0 bridgehead atoms. The maximum Gasteiger partial charge on any atom is 0.410 e. The second-order valence-corrected chi connectivity index (χ2v) is 9.14. The standard InChI is InChI=1S/C20H37N3O3/c1-15-14-22(19(25)26-20(2,3)4)13-12-17(15)23(18(24)21(5)6)16-10-8-7-9-11-16/h15-17H,7-14H2,1-6H3. The average Bonchev–Trinajstić information content (AvgIpc) is 2.55. The molecular formula is C20H37N3O3. The molecule has 0 aromatic rings. The van der Waals surface area contributed by atoms with Crippen LogP contribution in [0, 0.1) is 5.92 Å². The zero-order valence-corrected chi connectivity index (χ0v) is 17.5. The molecule has 1 aliphatic heterocycles. The summed E-state index contributed by atoms with van der Waals surface area (Å²) in [5.41, 5.74) is -0.480. The first-order valence-corrected chi connectivity index (χ1v) is 10.1. The Morgan fingerprint density at radius 2 is 1.65 bits per heavy atom. The largest absolute Gasteiger partial charge is 0.444 e. The van der Waals surface area contributed by atoms with Crippen molar-refractivity contribution < 1.29 is 14.3 Å². The molecule has 26 heavy (non-hydrogen) atoms. The van der Waals surface area contributed by atoms with Gasteiger partial charge in [0.1, 0.15) is 5.60 Å². The minimum Gasteiger partial charge on any atom is -0.444 e. The molecule has 0 aromatic heterocycles. The number of hydrogen-bond acceptors (Lipinski definition) is 3. The third-order valence-corrected chi connectivity index (χ3v) is 5.44. The van der Waals surface area contributed by atoms with E-state index in [4.69, 9.17) is 4.74 Å². The first-order chi connectivity index (χ1) is 12.1. The summed E-state index contributed by atoms with van der Waals surface area (Å²) in [7, 11) is 3.66. The van der Waals surface area contributed by atoms with Crippen molar-refractivity contribution in [1.82, 2.24) is 14.7 Å². The molecule has 2 unspecified atom stereocenters. The zero-order chi connectivity index (χ0) is 19.5. The molecule has 2 aliphatic rings. The van der Waals surface area contributed by atoms with Gasteiger partial charge in [-0.3, -0.25) is 0 Å². The Bertz CT molecular complexity index is 495. The van der Waals surface area contributed by atoms with Gasteiger partial charge in [0.25, 0.3) is 0 Å². The highest BCUT2D eigenvalue weighted by molar-refractivity contribution is 5.75. The number of carbonyl (C=O) groups excluding carboxylic acids is 2. The van der Waals surface area contributed by atoms with Crippen molar-refractivity contribution >= 4 is 12.1 Å². The van der Waals surface area contributed by atoms with Crippen LogP contribution in [0.25, 0.3) is 0 Å². The first-order valence-electron chi connectivity index (χ1n) is 10.1. The van der Waals surface area contributed by atoms with Crippen LogP contribution in [-0.2, 0) is 4.74 Å². The van der Waals surface area contributed by atoms with Crippen LogP contribution in [0.5, 0.6) is 0 Å². The van der Waals surface area contributed by atoms with Gasteiger partial charge in [0.05, 0.1) is 0 Å². The quantitative estimate of drug-likeness (QED) is 0.742. The number of nitrogens with zero attached hydrogens (tertiary/aromatic N) is 3. The predicted octanol–water partition coefficient (Wildman–Crippen LogP) is 3.95. The zero-order valence-electron chi connectivity index (χ0n) is 17.5. The second kappa shape index (κ2) is 8.49. The van der Waals surface area contributed by atoms with Crippen LogP contribution in [0.3, 0.4) is 0 Å². The van der Waals surface area contributed by atoms with Gasteiger partial charge < -0.3 is 19.4 Å². The molecule has 3 amide bonds. The van der Waals surface area contributed by atoms with Crippen molar-refractivity contribution in [3.63, 3.8) is 0 Å². The lowest BCUT2D eigenvalue weighted by molar-refractivity contribution is 0.000732. The first kappa shape index (κ1) is 20.8. The molecule has 6 nitrogen and oxygen atoms in total. The van der Waals surface area contributed by atoms with Crippen LogP contribution in [-0.4, -0.2) is 71.7 Å². The van der Waals surface area contributed by atoms with Gasteiger partial charge in [-0.15, -0.1) is 0 Å². The molecule has 1 aliphatic carbocycles. The highest BCUT2D eigenvalue weighted by atomic mass is 16.6. The van der Waals surface area contributed by atoms with Crippen molar-refractivity contribution in [2.45, 2.75) is 83.9 Å². The third-order valence-electron chi connectivity index (χ3n) is 5.44. The van der Waals surface area contributed by atoms with Gasteiger partial charge in [-0.1, -0.05) is 26.2 Å². The Balaban J connectivity index is 2.08. The third kappa shape index (κ3) is 5.27. The van der Waals surface area contributed by atoms with Gasteiger partial charge in [-0.2, -0.15) is 0 Å². The Morgan fingerprint density at radius 1 is 1.04 bits per heavy atom. The number of ether oxygens (including phenoxy) is 1. The summed E-state index contributed by atoms with van der Waals surface area (Å²) < 4.78 is 5.52. The van der Waals surface area contributed by atoms with Crippen LogP contribution in [0.4, 0.5) is 9.59 Å². The highest BCUT2D eigenvalue weighted by Crippen LogP contribution is 2.31. The van der Waals surface area contributed by atoms with Gasteiger partial charge in [-0.05, 0) is 46.0 Å². The molecule has 0 aromatic carbocycles. The summed E-state index contributed by atoms with van der Waals surface area (Å²) in [5, 5.41) is 0. The van der Waals surface area contributed by atoms with E-state index in [1.807, 2.05) is 34.9 Å². The van der Waals surface area contributed by atoms with E-state index in [0.29, 0.717) is 19.1 Å². The molecule has 0 radical (unpaired) electrons. The van der Waals surface area contributed by atoms with Crippen molar-refractivity contribution in [3.8, 4) is 0 Å². The Morgan fingerprint density at radius 3 is 2.15 bits per heavy atom. The Labute approximate surface area is 158 Å². The molecular weight excluding hydrogens is 330 g/mol. The van der Waals surface area contributed by atoms with Gasteiger partial charge in [-0.25, -0.2) is 9.59 Å². The van der Waals surface area contributed by atoms with Crippen molar-refractivity contribution in [2.24, 2.45) is 5.92 Å². The number of urea groups is 1. The normalized spacial score (nSPS) is 24.9. The molecule has 1 heterocycles. The molecule has 6 heteroatoms. The van der Waals surface area contributed by atoms with Gasteiger partial charge >= 0.3 is 12.1 Å². The van der Waals surface area contributed by atoms with E-state index in [9.17, 15) is 9.59 Å². The summed E-state index contributed by atoms with van der Waals surface area (Å²) in [6.07, 6.45) is 6.44. The molecule has 150 valence electrons. The number of likely N-dealkylation sites (tertiary alicyclic amines) is 1. The van der Waals surface area contributed by atoms with E-state index in [1.165, 1.54) is 19.3 Å². The molecule has 1 saturated heterocycles. The summed E-state index contributed by atoms with van der Waals surface area (Å²) in [5.74, 6) is 0.238. The van der Waals surface area contributed by atoms with Crippen molar-refractivity contribution in [1.29, 1.82) is 0 Å². The lowest BCUT2D eigenvalue weighted by atomic mass is 9.87. The fourth-order valence-electron chi connectivity index (χ4n) is 4.20. The fraction of sp³-hybridized carbons (Fsp3) is 0.900. The van der Waals surface area contributed by atoms with Crippen molar-refractivity contribution in [3.05, 3.63) is 0 Å². The van der Waals surface area contributed by atoms with Gasteiger partial charge in [0.2, 0.25) is 0 Å². The highest BCUT2D eigenvalue weighted by Gasteiger charge is 2.39. The Hall–Kier alpha value is -1.46. The molecule has 2 rings (SSSR count). The summed E-state index contributed by atoms with van der Waals surface area (Å²) in [6, 6.07) is 0.630. The van der Waals surface area contributed by atoms with E-state index in [1.54, 1.807) is 9.80 Å². The smallest absolute Gasteiger partial charge is 0.410 e. The molecule has 0 N–H and O–H groups in total. The fourth-order valence-corrected chi connectivity index (χ4v) is 4.20. The average molecular weight is 368 g/mol. The monoisotopic (exact) mass is 367 g/mol. The minimum absolute atomic E-state index is 0.111. The topological polar surface area (TPSA) is 53.1 Å². The van der Waals surface area contributed by atoms with Crippen LogP contribution in [0.15, 0.2) is 0 Å². The van der Waals surface area contributed by atoms with E-state index in [-0.39, 0.29) is 24.1 Å². The van der Waals surface area contributed by atoms with Crippen LogP contribution in [0.2, 0.25) is 0 Å². The Kier molecular flexibility index (Phi) is 6.80. The summed E-state index contributed by atoms with van der Waals surface area (Å²) in [4.78, 5) is 31.0. The van der Waals surface area contributed by atoms with Crippen LogP contribution < -0.4 is 0 Å². The number of piperidine rings is 1. The molecule has 1 saturated carbocycles. The maximum atomic E-state index is 12.9. The summed E-state index contributed by atoms with van der Waals surface area (Å²) >= 11 is 0. The van der Waals surface area contributed by atoms with Gasteiger partial charge in [0, 0.05) is 39.3 Å². The molecule has 0 spiro atoms. The van der Waals surface area contributed by atoms with E-state index >= 15 is 0 Å². The SMILES string of the molecule is CC1CN(C(=O)OC(C)(C)C)CCC1N(C(=O)N(C)C)C1CCCCC1. The van der Waals surface area contributed by atoms with E-state index in [2.05, 4.69) is 11.8 Å². The van der Waals surface area contributed by atoms with E-state index in [0.717, 1.165) is 19.3 Å². The second-order valence-electron chi connectivity index (χ2n) is 9.14. The number of carbonyl (C=O) groups is 2. The van der Waals surface area contributed by atoms with Crippen LogP contribution in [0.1, 0.15) is 66.2 Å². The van der Waals surface area contributed by atoms with Crippen molar-refractivity contribution in [2.75, 3.05) is 27.2 Å². The van der Waals surface area contributed by atoms with E-state index < -0.39 is 5.60 Å². The summed E-state index contributed by atoms with van der Waals surface area (Å²) in [6.45, 7) is 9.11. The minimum atomic E-state index is -0.480. The molecule has 2 atom stereocenters. The lowest BCUT2D eigenvalue weighted by Gasteiger charge is -2.47. The predicted molar refractivity (Wildman–Crippen MR) is 103 cm³/mol. The maximum absolute atomic E-state index is 12.9. The molecule has 2 fully saturated rings. The number of amides is 3. The van der Waals surface area contributed by atoms with Gasteiger partial charge in [0.15, 0.2) is 0 Å². The number of hydrogen-bond donors (Lipinski definition) is 0. The van der Waals surface area contributed by atoms with Crippen LogP contribution >= 0.6 is 0 Å². The lowest BCUT2D eigenvalue weighted by Crippen LogP contribution is -2.58.